The van der Waals surface area contributed by atoms with Gasteiger partial charge in [0, 0.05) is 24.1 Å². The maximum atomic E-state index is 13.2. The summed E-state index contributed by atoms with van der Waals surface area (Å²) in [6.45, 7) is 2.11. The molecule has 0 saturated heterocycles. The van der Waals surface area contributed by atoms with Gasteiger partial charge in [0.1, 0.15) is 6.10 Å². The lowest BCUT2D eigenvalue weighted by molar-refractivity contribution is -0.162. The number of hydrogen-bond acceptors (Lipinski definition) is 5. The highest BCUT2D eigenvalue weighted by atomic mass is 35.5. The number of benzene rings is 2. The molecule has 0 spiro atoms. The van der Waals surface area contributed by atoms with E-state index in [4.69, 9.17) is 38.4 Å². The van der Waals surface area contributed by atoms with Crippen LogP contribution in [0.4, 0.5) is 0 Å². The van der Waals surface area contributed by atoms with Crippen LogP contribution in [0.25, 0.3) is 0 Å². The molecule has 2 N–H and O–H groups in total. The minimum Gasteiger partial charge on any atom is -0.443 e. The number of methoxy groups -OCH3 is 1. The Balaban J connectivity index is 2.15. The smallest absolute Gasteiger partial charge is 0.275 e. The first-order valence-corrected chi connectivity index (χ1v) is 10.0. The third-order valence-corrected chi connectivity index (χ3v) is 5.38. The van der Waals surface area contributed by atoms with Crippen LogP contribution in [0.5, 0.6) is 0 Å². The standard InChI is InChI=1S/C21H23Cl2N3O3/c1-14(28-2)20(27)26-21(11-6-12-24,15-7-4-3-5-8-15)29-19(25-26)17-13-16(22)9-10-18(17)23/h3-5,7-10,13-14H,6,11-12,24H2,1-2H3/t14-,21?/m0/s1. The van der Waals surface area contributed by atoms with E-state index in [0.29, 0.717) is 35.0 Å². The predicted molar refractivity (Wildman–Crippen MR) is 114 cm³/mol. The zero-order valence-electron chi connectivity index (χ0n) is 16.3. The molecule has 0 fully saturated rings. The van der Waals surface area contributed by atoms with E-state index in [-0.39, 0.29) is 11.8 Å². The van der Waals surface area contributed by atoms with Crippen LogP contribution in [0.3, 0.4) is 0 Å². The molecule has 29 heavy (non-hydrogen) atoms. The van der Waals surface area contributed by atoms with Crippen LogP contribution in [0.15, 0.2) is 53.6 Å². The van der Waals surface area contributed by atoms with Gasteiger partial charge in [-0.1, -0.05) is 53.5 Å². The summed E-state index contributed by atoms with van der Waals surface area (Å²) >= 11 is 12.5. The molecule has 1 aliphatic heterocycles. The minimum absolute atomic E-state index is 0.218. The number of halogens is 2. The van der Waals surface area contributed by atoms with Crippen LogP contribution in [0.2, 0.25) is 10.0 Å². The summed E-state index contributed by atoms with van der Waals surface area (Å²) in [7, 11) is 1.47. The highest BCUT2D eigenvalue weighted by Gasteiger charge is 2.50. The molecule has 0 saturated carbocycles. The van der Waals surface area contributed by atoms with E-state index in [1.807, 2.05) is 30.3 Å². The molecule has 0 radical (unpaired) electrons. The van der Waals surface area contributed by atoms with Gasteiger partial charge < -0.3 is 15.2 Å². The molecule has 1 amide bonds. The van der Waals surface area contributed by atoms with E-state index >= 15 is 0 Å². The molecule has 1 unspecified atom stereocenters. The van der Waals surface area contributed by atoms with Crippen molar-refractivity contribution in [2.45, 2.75) is 31.6 Å². The second-order valence-electron chi connectivity index (χ2n) is 6.70. The average Bonchev–Trinajstić information content (AvgIpc) is 3.14. The van der Waals surface area contributed by atoms with Crippen molar-refractivity contribution >= 4 is 35.0 Å². The normalized spacial score (nSPS) is 19.6. The molecule has 6 nitrogen and oxygen atoms in total. The number of carbonyl (C=O) groups excluding carboxylic acids is 1. The SMILES string of the molecule is CO[C@@H](C)C(=O)N1N=C(c2cc(Cl)ccc2Cl)OC1(CCCN)c1ccccc1. The average molecular weight is 436 g/mol. The zero-order chi connectivity index (χ0) is 21.0. The van der Waals surface area contributed by atoms with E-state index in [1.165, 1.54) is 12.1 Å². The number of amides is 1. The molecule has 2 aromatic rings. The van der Waals surface area contributed by atoms with Gasteiger partial charge in [-0.05, 0) is 38.1 Å². The maximum absolute atomic E-state index is 13.2. The van der Waals surface area contributed by atoms with E-state index in [9.17, 15) is 4.79 Å². The van der Waals surface area contributed by atoms with Crippen molar-refractivity contribution in [3.05, 3.63) is 69.7 Å². The van der Waals surface area contributed by atoms with Crippen molar-refractivity contribution in [2.24, 2.45) is 10.8 Å². The first-order chi connectivity index (χ1) is 13.9. The maximum Gasteiger partial charge on any atom is 0.275 e. The minimum atomic E-state index is -1.16. The Kier molecular flexibility index (Phi) is 6.80. The van der Waals surface area contributed by atoms with Crippen molar-refractivity contribution in [2.75, 3.05) is 13.7 Å². The molecule has 0 bridgehead atoms. The fourth-order valence-corrected chi connectivity index (χ4v) is 3.56. The Hall–Kier alpha value is -2.12. The Bertz CT molecular complexity index is 907. The summed E-state index contributed by atoms with van der Waals surface area (Å²) in [4.78, 5) is 13.2. The van der Waals surface area contributed by atoms with Crippen molar-refractivity contribution in [3.63, 3.8) is 0 Å². The lowest BCUT2D eigenvalue weighted by Crippen LogP contribution is -2.48. The Morgan fingerprint density at radius 1 is 1.28 bits per heavy atom. The lowest BCUT2D eigenvalue weighted by atomic mass is 9.96. The van der Waals surface area contributed by atoms with Crippen molar-refractivity contribution in [3.8, 4) is 0 Å². The third-order valence-electron chi connectivity index (χ3n) is 4.81. The van der Waals surface area contributed by atoms with Crippen LogP contribution in [0.1, 0.15) is 30.9 Å². The van der Waals surface area contributed by atoms with E-state index in [2.05, 4.69) is 5.10 Å². The summed E-state index contributed by atoms with van der Waals surface area (Å²) in [6, 6.07) is 14.5. The largest absolute Gasteiger partial charge is 0.443 e. The van der Waals surface area contributed by atoms with Gasteiger partial charge in [0.15, 0.2) is 0 Å². The highest BCUT2D eigenvalue weighted by molar-refractivity contribution is 6.35. The molecule has 2 aromatic carbocycles. The summed E-state index contributed by atoms with van der Waals surface area (Å²) in [6.07, 6.45) is 0.352. The topological polar surface area (TPSA) is 77.1 Å². The number of ether oxygens (including phenoxy) is 2. The van der Waals surface area contributed by atoms with Gasteiger partial charge >= 0.3 is 0 Å². The van der Waals surface area contributed by atoms with Gasteiger partial charge in [0.25, 0.3) is 5.91 Å². The van der Waals surface area contributed by atoms with E-state index in [0.717, 1.165) is 5.56 Å². The first kappa shape index (κ1) is 21.6. The molecule has 1 heterocycles. The first-order valence-electron chi connectivity index (χ1n) is 9.28. The fourth-order valence-electron chi connectivity index (χ4n) is 3.19. The second kappa shape index (κ2) is 9.13. The fraction of sp³-hybridized carbons (Fsp3) is 0.333. The van der Waals surface area contributed by atoms with Crippen molar-refractivity contribution in [1.29, 1.82) is 0 Å². The molecule has 154 valence electrons. The lowest BCUT2D eigenvalue weighted by Gasteiger charge is -2.36. The molecular weight excluding hydrogens is 413 g/mol. The zero-order valence-corrected chi connectivity index (χ0v) is 17.8. The summed E-state index contributed by atoms with van der Waals surface area (Å²) in [5.74, 6) is -0.114. The number of hydrogen-bond donors (Lipinski definition) is 1. The van der Waals surface area contributed by atoms with Crippen molar-refractivity contribution in [1.82, 2.24) is 5.01 Å². The Morgan fingerprint density at radius 3 is 2.66 bits per heavy atom. The molecule has 0 aromatic heterocycles. The monoisotopic (exact) mass is 435 g/mol. The molecule has 2 atom stereocenters. The quantitative estimate of drug-likeness (QED) is 0.708. The van der Waals surface area contributed by atoms with Crippen LogP contribution in [-0.4, -0.2) is 36.6 Å². The van der Waals surface area contributed by atoms with Crippen LogP contribution >= 0.6 is 23.2 Å². The summed E-state index contributed by atoms with van der Waals surface area (Å²) in [5, 5.41) is 6.78. The summed E-state index contributed by atoms with van der Waals surface area (Å²) < 4.78 is 11.6. The molecule has 8 heteroatoms. The second-order valence-corrected chi connectivity index (χ2v) is 7.55. The van der Waals surface area contributed by atoms with Gasteiger partial charge in [-0.25, -0.2) is 0 Å². The van der Waals surface area contributed by atoms with E-state index < -0.39 is 11.8 Å². The predicted octanol–water partition coefficient (Wildman–Crippen LogP) is 4.14. The number of nitrogens with zero attached hydrogens (tertiary/aromatic N) is 2. The Morgan fingerprint density at radius 2 is 2.00 bits per heavy atom. The van der Waals surface area contributed by atoms with Gasteiger partial charge in [0.05, 0.1) is 10.6 Å². The summed E-state index contributed by atoms with van der Waals surface area (Å²) in [5.41, 5.74) is 5.91. The number of rotatable bonds is 7. The van der Waals surface area contributed by atoms with Crippen molar-refractivity contribution < 1.29 is 14.3 Å². The number of carbonyl (C=O) groups is 1. The molecule has 3 rings (SSSR count). The third kappa shape index (κ3) is 4.26. The van der Waals surface area contributed by atoms with Crippen LogP contribution in [0, 0.1) is 0 Å². The van der Waals surface area contributed by atoms with Gasteiger partial charge in [0.2, 0.25) is 11.6 Å². The van der Waals surface area contributed by atoms with Gasteiger partial charge in [-0.2, -0.15) is 5.01 Å². The van der Waals surface area contributed by atoms with Gasteiger partial charge in [-0.3, -0.25) is 4.79 Å². The van der Waals surface area contributed by atoms with Crippen LogP contribution < -0.4 is 5.73 Å². The highest BCUT2D eigenvalue weighted by Crippen LogP contribution is 2.42. The molecule has 0 aliphatic carbocycles. The van der Waals surface area contributed by atoms with Crippen LogP contribution in [-0.2, 0) is 20.0 Å². The van der Waals surface area contributed by atoms with E-state index in [1.54, 1.807) is 25.1 Å². The Labute approximate surface area is 180 Å². The van der Waals surface area contributed by atoms with Gasteiger partial charge in [-0.15, -0.1) is 5.10 Å². The molecule has 1 aliphatic rings. The molecular formula is C21H23Cl2N3O3. The number of hydrazone groups is 1. The number of nitrogens with two attached hydrogens (primary N) is 1.